The summed E-state index contributed by atoms with van der Waals surface area (Å²) >= 11 is 0. The molecule has 4 nitrogen and oxygen atoms in total. The SMILES string of the molecule is c1ccc(-c2cc(-c3ccccc3)cc(-c3cccc(-c4nc(-c5cc(-c6ccccc6)cc(-c6ccccc6-c6ccccc6)c5)nc(-c5cccc(-c6nccc7ccccc67)c5)n4)c3)c2)cc1. The summed E-state index contributed by atoms with van der Waals surface area (Å²) in [4.78, 5) is 21.0. The number of nitrogens with zero attached hydrogens (tertiary/aromatic N) is 4. The second kappa shape index (κ2) is 18.7. The Kier molecular flexibility index (Phi) is 11.2. The Morgan fingerprint density at radius 1 is 0.214 bits per heavy atom. The highest BCUT2D eigenvalue weighted by atomic mass is 15.0. The second-order valence-corrected chi connectivity index (χ2v) is 17.5. The van der Waals surface area contributed by atoms with Gasteiger partial charge in [0.05, 0.1) is 5.69 Å². The summed E-state index contributed by atoms with van der Waals surface area (Å²) in [6.07, 6.45) is 1.88. The lowest BCUT2D eigenvalue weighted by Crippen LogP contribution is -2.01. The average Bonchev–Trinajstić information content (AvgIpc) is 3.45. The van der Waals surface area contributed by atoms with Crippen molar-refractivity contribution in [3.05, 3.63) is 267 Å². The van der Waals surface area contributed by atoms with E-state index in [1.54, 1.807) is 0 Å². The van der Waals surface area contributed by atoms with E-state index in [1.165, 1.54) is 0 Å². The predicted octanol–water partition coefficient (Wildman–Crippen LogP) is 17.1. The van der Waals surface area contributed by atoms with Crippen LogP contribution < -0.4 is 0 Å². The van der Waals surface area contributed by atoms with Gasteiger partial charge in [-0.3, -0.25) is 4.98 Å². The molecule has 0 aliphatic carbocycles. The van der Waals surface area contributed by atoms with Crippen molar-refractivity contribution < 1.29 is 0 Å². The maximum Gasteiger partial charge on any atom is 0.164 e. The fraction of sp³-hybridized carbons (Fsp3) is 0. The van der Waals surface area contributed by atoms with Gasteiger partial charge in [-0.05, 0) is 127 Å². The molecule has 0 saturated carbocycles. The zero-order chi connectivity index (χ0) is 46.6. The van der Waals surface area contributed by atoms with Gasteiger partial charge < -0.3 is 0 Å². The molecule has 4 heteroatoms. The first-order chi connectivity index (χ1) is 34.7. The van der Waals surface area contributed by atoms with Crippen LogP contribution in [0.5, 0.6) is 0 Å². The molecule has 12 rings (SSSR count). The molecule has 0 aliphatic rings. The molecule has 0 spiro atoms. The third kappa shape index (κ3) is 8.58. The molecule has 0 unspecified atom stereocenters. The summed E-state index contributed by atoms with van der Waals surface area (Å²) in [6.45, 7) is 0. The van der Waals surface area contributed by atoms with Crippen LogP contribution in [0.3, 0.4) is 0 Å². The Morgan fingerprint density at radius 3 is 1.14 bits per heavy atom. The number of benzene rings is 10. The minimum atomic E-state index is 0.571. The molecule has 10 aromatic carbocycles. The lowest BCUT2D eigenvalue weighted by Gasteiger charge is -2.15. The van der Waals surface area contributed by atoms with Gasteiger partial charge in [0, 0.05) is 33.8 Å². The van der Waals surface area contributed by atoms with Crippen LogP contribution in [-0.2, 0) is 0 Å². The summed E-state index contributed by atoms with van der Waals surface area (Å²) in [5.74, 6) is 1.73. The van der Waals surface area contributed by atoms with Gasteiger partial charge in [0.15, 0.2) is 17.5 Å². The molecular weight excluding hydrogens is 849 g/mol. The molecular formula is C66H44N4. The Morgan fingerprint density at radius 2 is 0.571 bits per heavy atom. The first kappa shape index (κ1) is 42.0. The highest BCUT2D eigenvalue weighted by Crippen LogP contribution is 2.39. The summed E-state index contributed by atoms with van der Waals surface area (Å²) in [6, 6.07) is 91.9. The second-order valence-electron chi connectivity index (χ2n) is 17.5. The van der Waals surface area contributed by atoms with Gasteiger partial charge in [-0.2, -0.15) is 0 Å². The molecule has 2 heterocycles. The number of aromatic nitrogens is 4. The summed E-state index contributed by atoms with van der Waals surface area (Å²) in [7, 11) is 0. The normalized spacial score (nSPS) is 11.1. The number of hydrogen-bond donors (Lipinski definition) is 0. The van der Waals surface area contributed by atoms with Crippen molar-refractivity contribution >= 4 is 10.8 Å². The van der Waals surface area contributed by atoms with E-state index < -0.39 is 0 Å². The van der Waals surface area contributed by atoms with E-state index in [4.69, 9.17) is 19.9 Å². The lowest BCUT2D eigenvalue weighted by atomic mass is 9.91. The largest absolute Gasteiger partial charge is 0.256 e. The minimum Gasteiger partial charge on any atom is -0.256 e. The molecule has 0 fully saturated rings. The molecule has 0 saturated heterocycles. The van der Waals surface area contributed by atoms with Crippen molar-refractivity contribution in [1.82, 2.24) is 19.9 Å². The standard InChI is InChI=1S/C66H44N4/c1-5-19-45(20-6-1)54-39-55(46-21-7-2-8-22-46)41-57(40-54)50-28-17-30-52(37-50)64-68-65(53-31-18-29-51(38-53)63-62-34-14-13-27-49(62)35-36-67-63)70-66(69-64)59-43-56(47-23-9-3-10-24-47)42-58(44-59)61-33-16-15-32-60(61)48-25-11-4-12-26-48/h1-44H. The monoisotopic (exact) mass is 892 g/mol. The minimum absolute atomic E-state index is 0.571. The van der Waals surface area contributed by atoms with Crippen LogP contribution >= 0.6 is 0 Å². The highest BCUT2D eigenvalue weighted by Gasteiger charge is 2.18. The van der Waals surface area contributed by atoms with Gasteiger partial charge in [-0.15, -0.1) is 0 Å². The van der Waals surface area contributed by atoms with E-state index in [1.807, 2.05) is 6.20 Å². The number of hydrogen-bond acceptors (Lipinski definition) is 4. The van der Waals surface area contributed by atoms with E-state index in [0.29, 0.717) is 17.5 Å². The van der Waals surface area contributed by atoms with Crippen molar-refractivity contribution in [2.45, 2.75) is 0 Å². The summed E-state index contributed by atoms with van der Waals surface area (Å²) in [5.41, 5.74) is 18.0. The van der Waals surface area contributed by atoms with Crippen molar-refractivity contribution in [3.8, 4) is 112 Å². The van der Waals surface area contributed by atoms with E-state index in [2.05, 4.69) is 261 Å². The van der Waals surface area contributed by atoms with Gasteiger partial charge in [-0.1, -0.05) is 206 Å². The van der Waals surface area contributed by atoms with Gasteiger partial charge >= 0.3 is 0 Å². The molecule has 0 radical (unpaired) electrons. The molecule has 328 valence electrons. The predicted molar refractivity (Wildman–Crippen MR) is 289 cm³/mol. The quantitative estimate of drug-likeness (QED) is 0.137. The van der Waals surface area contributed by atoms with Gasteiger partial charge in [0.2, 0.25) is 0 Å². The Labute approximate surface area is 408 Å². The van der Waals surface area contributed by atoms with E-state index in [-0.39, 0.29) is 0 Å². The smallest absolute Gasteiger partial charge is 0.164 e. The molecule has 70 heavy (non-hydrogen) atoms. The molecule has 0 N–H and O–H groups in total. The van der Waals surface area contributed by atoms with E-state index in [9.17, 15) is 0 Å². The third-order valence-corrected chi connectivity index (χ3v) is 12.9. The molecule has 12 aromatic rings. The number of pyridine rings is 1. The van der Waals surface area contributed by atoms with Crippen LogP contribution in [0.25, 0.3) is 123 Å². The number of rotatable bonds is 10. The Hall–Kier alpha value is -9.38. The first-order valence-corrected chi connectivity index (χ1v) is 23.6. The van der Waals surface area contributed by atoms with Crippen LogP contribution in [0.1, 0.15) is 0 Å². The summed E-state index contributed by atoms with van der Waals surface area (Å²) < 4.78 is 0. The van der Waals surface area contributed by atoms with E-state index >= 15 is 0 Å². The average molecular weight is 893 g/mol. The first-order valence-electron chi connectivity index (χ1n) is 23.6. The third-order valence-electron chi connectivity index (χ3n) is 12.9. The molecule has 0 aliphatic heterocycles. The van der Waals surface area contributed by atoms with Crippen molar-refractivity contribution in [2.75, 3.05) is 0 Å². The van der Waals surface area contributed by atoms with Gasteiger partial charge in [0.25, 0.3) is 0 Å². The molecule has 0 atom stereocenters. The number of fused-ring (bicyclic) bond motifs is 1. The maximum atomic E-state index is 5.40. The van der Waals surface area contributed by atoms with Gasteiger partial charge in [0.1, 0.15) is 0 Å². The van der Waals surface area contributed by atoms with Crippen molar-refractivity contribution in [1.29, 1.82) is 0 Å². The van der Waals surface area contributed by atoms with Crippen LogP contribution in [0.15, 0.2) is 267 Å². The lowest BCUT2D eigenvalue weighted by molar-refractivity contribution is 1.07. The van der Waals surface area contributed by atoms with Crippen LogP contribution in [-0.4, -0.2) is 19.9 Å². The van der Waals surface area contributed by atoms with Gasteiger partial charge in [-0.25, -0.2) is 15.0 Å². The molecule has 0 amide bonds. The van der Waals surface area contributed by atoms with Crippen LogP contribution in [0.2, 0.25) is 0 Å². The van der Waals surface area contributed by atoms with Crippen molar-refractivity contribution in [3.63, 3.8) is 0 Å². The van der Waals surface area contributed by atoms with Crippen LogP contribution in [0.4, 0.5) is 0 Å². The highest BCUT2D eigenvalue weighted by molar-refractivity contribution is 5.95. The molecule has 2 aromatic heterocycles. The fourth-order valence-electron chi connectivity index (χ4n) is 9.46. The maximum absolute atomic E-state index is 5.40. The van der Waals surface area contributed by atoms with E-state index in [0.717, 1.165) is 105 Å². The summed E-state index contributed by atoms with van der Waals surface area (Å²) in [5, 5.41) is 2.22. The Balaban J connectivity index is 1.05. The van der Waals surface area contributed by atoms with Crippen molar-refractivity contribution in [2.24, 2.45) is 0 Å². The topological polar surface area (TPSA) is 51.6 Å². The Bertz CT molecular complexity index is 3750. The van der Waals surface area contributed by atoms with Crippen LogP contribution in [0, 0.1) is 0 Å². The fourth-order valence-corrected chi connectivity index (χ4v) is 9.46. The molecule has 0 bridgehead atoms. The zero-order valence-corrected chi connectivity index (χ0v) is 38.2. The zero-order valence-electron chi connectivity index (χ0n) is 38.2.